The van der Waals surface area contributed by atoms with Gasteiger partial charge in [-0.25, -0.2) is 8.42 Å². The number of rotatable bonds is 6. The summed E-state index contributed by atoms with van der Waals surface area (Å²) in [7, 11) is -3.24. The molecule has 2 rings (SSSR count). The number of carbonyl (C=O) groups is 1. The maximum absolute atomic E-state index is 12.1. The van der Waals surface area contributed by atoms with Gasteiger partial charge in [-0.2, -0.15) is 0 Å². The van der Waals surface area contributed by atoms with Crippen LogP contribution < -0.4 is 5.32 Å². The van der Waals surface area contributed by atoms with E-state index in [9.17, 15) is 13.2 Å². The van der Waals surface area contributed by atoms with Crippen molar-refractivity contribution < 1.29 is 17.6 Å². The minimum absolute atomic E-state index is 0.127. The number of sulfone groups is 1. The van der Waals surface area contributed by atoms with E-state index in [0.717, 1.165) is 11.8 Å². The van der Waals surface area contributed by atoms with E-state index >= 15 is 0 Å². The maximum atomic E-state index is 12.1. The van der Waals surface area contributed by atoms with E-state index in [2.05, 4.69) is 15.5 Å². The molecule has 1 amide bonds. The molecule has 0 aliphatic rings. The quantitative estimate of drug-likeness (QED) is 0.854. The number of benzene rings is 1. The fourth-order valence-electron chi connectivity index (χ4n) is 2.05. The van der Waals surface area contributed by atoms with Crippen molar-refractivity contribution in [1.82, 2.24) is 15.5 Å². The van der Waals surface area contributed by atoms with Crippen molar-refractivity contribution in [2.75, 3.05) is 6.26 Å². The van der Waals surface area contributed by atoms with Gasteiger partial charge >= 0.3 is 0 Å². The zero-order valence-electron chi connectivity index (χ0n) is 14.1. The summed E-state index contributed by atoms with van der Waals surface area (Å²) < 4.78 is 28.3. The van der Waals surface area contributed by atoms with Gasteiger partial charge in [0.05, 0.1) is 11.3 Å². The monoisotopic (exact) mass is 351 g/mol. The normalized spacial score (nSPS) is 13.0. The molecule has 0 fully saturated rings. The van der Waals surface area contributed by atoms with Gasteiger partial charge in [0.1, 0.15) is 6.04 Å². The van der Waals surface area contributed by atoms with Gasteiger partial charge in [0.25, 0.3) is 0 Å². The first-order chi connectivity index (χ1) is 11.2. The number of carbonyl (C=O) groups excluding carboxylic acids is 1. The minimum atomic E-state index is -3.24. The summed E-state index contributed by atoms with van der Waals surface area (Å²) >= 11 is 0. The Kier molecular flexibility index (Phi) is 5.38. The summed E-state index contributed by atoms with van der Waals surface area (Å²) in [6.07, 6.45) is 1.28. The zero-order valence-corrected chi connectivity index (χ0v) is 14.9. The summed E-state index contributed by atoms with van der Waals surface area (Å²) in [4.78, 5) is 12.3. The molecule has 0 radical (unpaired) electrons. The highest BCUT2D eigenvalue weighted by atomic mass is 32.2. The summed E-state index contributed by atoms with van der Waals surface area (Å²) in [5.74, 6) is 0.809. The van der Waals surface area contributed by atoms with Gasteiger partial charge in [-0.1, -0.05) is 26.0 Å². The molecule has 24 heavy (non-hydrogen) atoms. The minimum Gasteiger partial charge on any atom is -0.423 e. The predicted octanol–water partition coefficient (Wildman–Crippen LogP) is 2.02. The summed E-state index contributed by atoms with van der Waals surface area (Å²) in [5.41, 5.74) is 0.723. The van der Waals surface area contributed by atoms with Crippen LogP contribution in [0.5, 0.6) is 0 Å². The SMILES string of the molecule is CC(C)c1nnc(C(C)NC(=O)Cc2ccc(S(C)(=O)=O)cc2)o1. The Morgan fingerprint density at radius 1 is 1.12 bits per heavy atom. The molecule has 1 aromatic carbocycles. The fraction of sp³-hybridized carbons (Fsp3) is 0.438. The number of nitrogens with zero attached hydrogens (tertiary/aromatic N) is 2. The van der Waals surface area contributed by atoms with Crippen LogP contribution in [0.3, 0.4) is 0 Å². The van der Waals surface area contributed by atoms with E-state index in [0.29, 0.717) is 11.8 Å². The topological polar surface area (TPSA) is 102 Å². The molecule has 2 aromatic rings. The third-order valence-corrected chi connectivity index (χ3v) is 4.54. The van der Waals surface area contributed by atoms with E-state index in [1.54, 1.807) is 19.1 Å². The molecule has 1 atom stereocenters. The van der Waals surface area contributed by atoms with Gasteiger partial charge < -0.3 is 9.73 Å². The number of amides is 1. The van der Waals surface area contributed by atoms with Crippen LogP contribution in [0.4, 0.5) is 0 Å². The molecule has 0 bridgehead atoms. The molecule has 130 valence electrons. The Morgan fingerprint density at radius 2 is 1.71 bits per heavy atom. The predicted molar refractivity (Wildman–Crippen MR) is 88.2 cm³/mol. The highest BCUT2D eigenvalue weighted by Gasteiger charge is 2.18. The lowest BCUT2D eigenvalue weighted by molar-refractivity contribution is -0.121. The number of hydrogen-bond acceptors (Lipinski definition) is 6. The Hall–Kier alpha value is -2.22. The van der Waals surface area contributed by atoms with Gasteiger partial charge in [0.15, 0.2) is 9.84 Å². The van der Waals surface area contributed by atoms with Crippen molar-refractivity contribution in [3.05, 3.63) is 41.6 Å². The number of hydrogen-bond donors (Lipinski definition) is 1. The second kappa shape index (κ2) is 7.12. The number of nitrogens with one attached hydrogen (secondary N) is 1. The van der Waals surface area contributed by atoms with E-state index in [-0.39, 0.29) is 23.1 Å². The summed E-state index contributed by atoms with van der Waals surface area (Å²) in [5, 5.41) is 10.7. The molecule has 8 heteroatoms. The van der Waals surface area contributed by atoms with Crippen molar-refractivity contribution in [3.8, 4) is 0 Å². The molecular formula is C16H21N3O4S. The second-order valence-electron chi connectivity index (χ2n) is 6.02. The molecule has 1 unspecified atom stereocenters. The molecule has 0 aliphatic heterocycles. The Morgan fingerprint density at radius 3 is 2.21 bits per heavy atom. The molecular weight excluding hydrogens is 330 g/mol. The van der Waals surface area contributed by atoms with Crippen LogP contribution in [0, 0.1) is 0 Å². The van der Waals surface area contributed by atoms with E-state index in [1.807, 2.05) is 13.8 Å². The Bertz CT molecular complexity index is 810. The molecule has 1 heterocycles. The van der Waals surface area contributed by atoms with Crippen molar-refractivity contribution in [2.45, 2.75) is 44.0 Å². The Labute approximate surface area is 141 Å². The first-order valence-corrected chi connectivity index (χ1v) is 9.47. The lowest BCUT2D eigenvalue weighted by Gasteiger charge is -2.10. The van der Waals surface area contributed by atoms with Gasteiger partial charge in [0.2, 0.25) is 17.7 Å². The number of aromatic nitrogens is 2. The van der Waals surface area contributed by atoms with Crippen LogP contribution in [-0.2, 0) is 21.1 Å². The lowest BCUT2D eigenvalue weighted by Crippen LogP contribution is -2.28. The van der Waals surface area contributed by atoms with Crippen LogP contribution in [0.2, 0.25) is 0 Å². The van der Waals surface area contributed by atoms with E-state index in [4.69, 9.17) is 4.42 Å². The summed E-state index contributed by atoms with van der Waals surface area (Å²) in [6, 6.07) is 5.85. The first-order valence-electron chi connectivity index (χ1n) is 7.58. The molecule has 1 aromatic heterocycles. The van der Waals surface area contributed by atoms with Gasteiger partial charge in [-0.05, 0) is 24.6 Å². The molecule has 0 saturated heterocycles. The second-order valence-corrected chi connectivity index (χ2v) is 8.03. The smallest absolute Gasteiger partial charge is 0.238 e. The molecule has 0 saturated carbocycles. The van der Waals surface area contributed by atoms with Crippen LogP contribution in [-0.4, -0.2) is 30.8 Å². The average Bonchev–Trinajstić information content (AvgIpc) is 2.96. The van der Waals surface area contributed by atoms with Gasteiger partial charge in [-0.3, -0.25) is 4.79 Å². The third kappa shape index (κ3) is 4.64. The van der Waals surface area contributed by atoms with Gasteiger partial charge in [-0.15, -0.1) is 10.2 Å². The largest absolute Gasteiger partial charge is 0.423 e. The molecule has 0 aliphatic carbocycles. The van der Waals surface area contributed by atoms with Crippen molar-refractivity contribution in [1.29, 1.82) is 0 Å². The molecule has 1 N–H and O–H groups in total. The average molecular weight is 351 g/mol. The highest BCUT2D eigenvalue weighted by Crippen LogP contribution is 2.17. The van der Waals surface area contributed by atoms with Crippen molar-refractivity contribution in [2.24, 2.45) is 0 Å². The third-order valence-electron chi connectivity index (χ3n) is 3.41. The Balaban J connectivity index is 1.97. The van der Waals surface area contributed by atoms with Crippen LogP contribution >= 0.6 is 0 Å². The fourth-order valence-corrected chi connectivity index (χ4v) is 2.68. The van der Waals surface area contributed by atoms with Crippen LogP contribution in [0.15, 0.2) is 33.6 Å². The van der Waals surface area contributed by atoms with E-state index in [1.165, 1.54) is 12.1 Å². The highest BCUT2D eigenvalue weighted by molar-refractivity contribution is 7.90. The van der Waals surface area contributed by atoms with Crippen molar-refractivity contribution in [3.63, 3.8) is 0 Å². The lowest BCUT2D eigenvalue weighted by atomic mass is 10.1. The van der Waals surface area contributed by atoms with Gasteiger partial charge in [0, 0.05) is 12.2 Å². The zero-order chi connectivity index (χ0) is 17.9. The molecule has 7 nitrogen and oxygen atoms in total. The van der Waals surface area contributed by atoms with Crippen molar-refractivity contribution >= 4 is 15.7 Å². The van der Waals surface area contributed by atoms with Crippen LogP contribution in [0.1, 0.15) is 50.1 Å². The van der Waals surface area contributed by atoms with E-state index < -0.39 is 15.9 Å². The maximum Gasteiger partial charge on any atom is 0.238 e. The van der Waals surface area contributed by atoms with Crippen LogP contribution in [0.25, 0.3) is 0 Å². The summed E-state index contributed by atoms with van der Waals surface area (Å²) in [6.45, 7) is 5.66. The first kappa shape index (κ1) is 18.1. The standard InChI is InChI=1S/C16H21N3O4S/c1-10(2)15-18-19-16(23-15)11(3)17-14(20)9-12-5-7-13(8-6-12)24(4,21)22/h5-8,10-11H,9H2,1-4H3,(H,17,20). The molecule has 0 spiro atoms.